The van der Waals surface area contributed by atoms with E-state index in [1.165, 1.54) is 30.5 Å². The predicted octanol–water partition coefficient (Wildman–Crippen LogP) is 3.58. The minimum Gasteiger partial charge on any atom is -0.497 e. The molecule has 0 radical (unpaired) electrons. The number of hydrogen-bond donors (Lipinski definition) is 0. The number of halogens is 1. The fourth-order valence-electron chi connectivity index (χ4n) is 4.87. The van der Waals surface area contributed by atoms with Crippen LogP contribution in [0.15, 0.2) is 48.5 Å². The maximum atomic E-state index is 13.1. The van der Waals surface area contributed by atoms with Crippen molar-refractivity contribution in [2.24, 2.45) is 0 Å². The molecule has 2 saturated heterocycles. The normalized spacial score (nSPS) is 19.0. The Morgan fingerprint density at radius 3 is 2.28 bits per heavy atom. The Morgan fingerprint density at radius 2 is 1.59 bits per heavy atom. The van der Waals surface area contributed by atoms with Gasteiger partial charge in [-0.15, -0.1) is 0 Å². The summed E-state index contributed by atoms with van der Waals surface area (Å²) >= 11 is 0. The molecular formula is C26H34FN3O2. The number of likely N-dealkylation sites (tertiary alicyclic amines) is 1. The minimum atomic E-state index is -0.262. The number of methoxy groups -OCH3 is 1. The summed E-state index contributed by atoms with van der Waals surface area (Å²) in [5.41, 5.74) is 2.20. The van der Waals surface area contributed by atoms with Crippen molar-refractivity contribution in [3.05, 3.63) is 65.5 Å². The molecule has 0 bridgehead atoms. The van der Waals surface area contributed by atoms with Crippen LogP contribution in [0, 0.1) is 5.82 Å². The number of carbonyl (C=O) groups is 1. The summed E-state index contributed by atoms with van der Waals surface area (Å²) in [4.78, 5) is 19.9. The lowest BCUT2D eigenvalue weighted by molar-refractivity contribution is -0.130. The fraction of sp³-hybridized carbons (Fsp3) is 0.500. The van der Waals surface area contributed by atoms with Gasteiger partial charge in [0.05, 0.1) is 13.5 Å². The van der Waals surface area contributed by atoms with E-state index in [1.807, 2.05) is 17.0 Å². The highest BCUT2D eigenvalue weighted by Gasteiger charge is 2.27. The number of hydrogen-bond acceptors (Lipinski definition) is 4. The van der Waals surface area contributed by atoms with E-state index in [1.54, 1.807) is 19.2 Å². The first-order valence-electron chi connectivity index (χ1n) is 11.7. The molecule has 2 aliphatic heterocycles. The lowest BCUT2D eigenvalue weighted by atomic mass is 10.0. The van der Waals surface area contributed by atoms with Gasteiger partial charge < -0.3 is 9.64 Å². The number of piperidine rings is 1. The van der Waals surface area contributed by atoms with E-state index in [0.717, 1.165) is 63.5 Å². The lowest BCUT2D eigenvalue weighted by Gasteiger charge is -2.38. The van der Waals surface area contributed by atoms with Crippen LogP contribution in [0.5, 0.6) is 5.75 Å². The maximum Gasteiger partial charge on any atom is 0.227 e. The van der Waals surface area contributed by atoms with Gasteiger partial charge in [-0.2, -0.15) is 0 Å². The Kier molecular flexibility index (Phi) is 7.76. The van der Waals surface area contributed by atoms with E-state index in [2.05, 4.69) is 21.9 Å². The maximum absolute atomic E-state index is 13.1. The number of amides is 1. The van der Waals surface area contributed by atoms with Crippen LogP contribution < -0.4 is 4.74 Å². The molecule has 0 unspecified atom stereocenters. The Labute approximate surface area is 190 Å². The van der Waals surface area contributed by atoms with E-state index in [4.69, 9.17) is 4.74 Å². The van der Waals surface area contributed by atoms with Crippen molar-refractivity contribution < 1.29 is 13.9 Å². The molecule has 6 heteroatoms. The summed E-state index contributed by atoms with van der Waals surface area (Å²) in [5, 5.41) is 0. The van der Waals surface area contributed by atoms with Gasteiger partial charge in [0.25, 0.3) is 0 Å². The van der Waals surface area contributed by atoms with Gasteiger partial charge in [-0.05, 0) is 67.7 Å². The van der Waals surface area contributed by atoms with Gasteiger partial charge in [0.2, 0.25) is 5.91 Å². The van der Waals surface area contributed by atoms with Gasteiger partial charge in [-0.25, -0.2) is 4.39 Å². The molecule has 0 atom stereocenters. The SMILES string of the molecule is COc1ccc(CN2CCC(N3CCCN(C(=O)Cc4ccc(F)cc4)CC3)CC2)cc1. The molecule has 2 aliphatic rings. The van der Waals surface area contributed by atoms with Crippen LogP contribution in [0.2, 0.25) is 0 Å². The lowest BCUT2D eigenvalue weighted by Crippen LogP contribution is -2.46. The Bertz CT molecular complexity index is 864. The minimum absolute atomic E-state index is 0.146. The van der Waals surface area contributed by atoms with Crippen LogP contribution in [0.4, 0.5) is 4.39 Å². The summed E-state index contributed by atoms with van der Waals surface area (Å²) in [6.45, 7) is 6.81. The molecule has 1 amide bonds. The standard InChI is InChI=1S/C26H34FN3O2/c1-32-25-9-5-22(6-10-25)20-28-15-11-24(12-16-28)29-13-2-14-30(18-17-29)26(31)19-21-3-7-23(27)8-4-21/h3-10,24H,2,11-20H2,1H3. The summed E-state index contributed by atoms with van der Waals surface area (Å²) in [6.07, 6.45) is 3.73. The average Bonchev–Trinajstić information content (AvgIpc) is 3.08. The third-order valence-corrected chi connectivity index (χ3v) is 6.79. The first-order valence-corrected chi connectivity index (χ1v) is 11.7. The van der Waals surface area contributed by atoms with Crippen molar-refractivity contribution >= 4 is 5.91 Å². The second-order valence-corrected chi connectivity index (χ2v) is 8.93. The molecule has 4 rings (SSSR count). The van der Waals surface area contributed by atoms with E-state index in [0.29, 0.717) is 12.5 Å². The molecule has 172 valence electrons. The molecule has 2 heterocycles. The van der Waals surface area contributed by atoms with Gasteiger partial charge in [-0.3, -0.25) is 14.6 Å². The smallest absolute Gasteiger partial charge is 0.227 e. The van der Waals surface area contributed by atoms with Crippen molar-refractivity contribution in [2.75, 3.05) is 46.4 Å². The van der Waals surface area contributed by atoms with E-state index in [9.17, 15) is 9.18 Å². The van der Waals surface area contributed by atoms with Crippen molar-refractivity contribution in [1.82, 2.24) is 14.7 Å². The van der Waals surface area contributed by atoms with Crippen LogP contribution in [0.1, 0.15) is 30.4 Å². The number of ether oxygens (including phenoxy) is 1. The number of carbonyl (C=O) groups excluding carboxylic acids is 1. The highest BCUT2D eigenvalue weighted by atomic mass is 19.1. The van der Waals surface area contributed by atoms with Crippen LogP contribution in [-0.4, -0.2) is 73.0 Å². The highest BCUT2D eigenvalue weighted by Crippen LogP contribution is 2.21. The molecule has 0 saturated carbocycles. The Morgan fingerprint density at radius 1 is 0.906 bits per heavy atom. The molecule has 2 fully saturated rings. The van der Waals surface area contributed by atoms with E-state index < -0.39 is 0 Å². The monoisotopic (exact) mass is 439 g/mol. The topological polar surface area (TPSA) is 36.0 Å². The summed E-state index contributed by atoms with van der Waals surface area (Å²) < 4.78 is 18.4. The molecular weight excluding hydrogens is 405 g/mol. The third kappa shape index (κ3) is 6.08. The molecule has 0 aromatic heterocycles. The molecule has 0 spiro atoms. The average molecular weight is 440 g/mol. The fourth-order valence-corrected chi connectivity index (χ4v) is 4.87. The summed E-state index contributed by atoms with van der Waals surface area (Å²) in [6, 6.07) is 15.2. The van der Waals surface area contributed by atoms with Gasteiger partial charge in [-0.1, -0.05) is 24.3 Å². The molecule has 2 aromatic carbocycles. The van der Waals surface area contributed by atoms with Gasteiger partial charge >= 0.3 is 0 Å². The summed E-state index contributed by atoms with van der Waals surface area (Å²) in [5.74, 6) is 0.785. The van der Waals surface area contributed by atoms with Gasteiger partial charge in [0, 0.05) is 38.8 Å². The van der Waals surface area contributed by atoms with E-state index >= 15 is 0 Å². The molecule has 5 nitrogen and oxygen atoms in total. The predicted molar refractivity (Wildman–Crippen MR) is 124 cm³/mol. The zero-order valence-electron chi connectivity index (χ0n) is 19.0. The highest BCUT2D eigenvalue weighted by molar-refractivity contribution is 5.78. The Hall–Kier alpha value is -2.44. The van der Waals surface area contributed by atoms with Crippen molar-refractivity contribution in [1.29, 1.82) is 0 Å². The molecule has 32 heavy (non-hydrogen) atoms. The first-order chi connectivity index (χ1) is 15.6. The van der Waals surface area contributed by atoms with Crippen LogP contribution in [0.25, 0.3) is 0 Å². The van der Waals surface area contributed by atoms with Crippen molar-refractivity contribution in [3.8, 4) is 5.75 Å². The van der Waals surface area contributed by atoms with Gasteiger partial charge in [0.15, 0.2) is 0 Å². The molecule has 0 aliphatic carbocycles. The molecule has 0 N–H and O–H groups in total. The van der Waals surface area contributed by atoms with Crippen LogP contribution in [0.3, 0.4) is 0 Å². The van der Waals surface area contributed by atoms with Crippen molar-refractivity contribution in [3.63, 3.8) is 0 Å². The second-order valence-electron chi connectivity index (χ2n) is 8.93. The van der Waals surface area contributed by atoms with Crippen LogP contribution >= 0.6 is 0 Å². The first kappa shape index (κ1) is 22.7. The zero-order chi connectivity index (χ0) is 22.3. The number of rotatable bonds is 6. The third-order valence-electron chi connectivity index (χ3n) is 6.79. The van der Waals surface area contributed by atoms with Crippen molar-refractivity contribution in [2.45, 2.75) is 38.3 Å². The number of benzene rings is 2. The summed E-state index contributed by atoms with van der Waals surface area (Å²) in [7, 11) is 1.70. The quantitative estimate of drug-likeness (QED) is 0.690. The second kappa shape index (κ2) is 10.9. The number of nitrogens with zero attached hydrogens (tertiary/aromatic N) is 3. The van der Waals surface area contributed by atoms with Crippen LogP contribution in [-0.2, 0) is 17.8 Å². The van der Waals surface area contributed by atoms with E-state index in [-0.39, 0.29) is 11.7 Å². The zero-order valence-corrected chi connectivity index (χ0v) is 19.0. The van der Waals surface area contributed by atoms with Gasteiger partial charge in [0.1, 0.15) is 11.6 Å². The molecule has 2 aromatic rings. The Balaban J connectivity index is 1.22. The largest absolute Gasteiger partial charge is 0.497 e.